The Kier molecular flexibility index (Phi) is 8.10. The number of aliphatic hydroxyl groups is 1. The molecule has 0 heterocycles. The summed E-state index contributed by atoms with van der Waals surface area (Å²) in [6.07, 6.45) is -4.77. The van der Waals surface area contributed by atoms with Gasteiger partial charge in [0, 0.05) is 0 Å². The van der Waals surface area contributed by atoms with Crippen LogP contribution in [0.15, 0.2) is 0 Å². The molecule has 0 saturated heterocycles. The van der Waals surface area contributed by atoms with Gasteiger partial charge < -0.3 is 0 Å². The van der Waals surface area contributed by atoms with Gasteiger partial charge in [0.25, 0.3) is 0 Å². The standard InChI is InChI=1S/C9H15F3NO3S.Pb/c1-8(16,9(10,11)12)3-5-17-4-2-6(13)7(14)15;/h6,16H,1-5,13H2,(H,14,15);. The quantitative estimate of drug-likeness (QED) is 0.353. The van der Waals surface area contributed by atoms with Crippen LogP contribution in [-0.4, -0.2) is 71.3 Å². The number of hydrogen-bond acceptors (Lipinski definition) is 4. The van der Waals surface area contributed by atoms with Crippen molar-refractivity contribution in [3.05, 3.63) is 0 Å². The van der Waals surface area contributed by atoms with Crippen molar-refractivity contribution in [2.75, 3.05) is 11.5 Å². The summed E-state index contributed by atoms with van der Waals surface area (Å²) >= 11 is 1.43. The van der Waals surface area contributed by atoms with Crippen LogP contribution in [0.2, 0.25) is 3.98 Å². The first-order chi connectivity index (χ1) is 8.14. The van der Waals surface area contributed by atoms with Gasteiger partial charge in [-0.15, -0.1) is 0 Å². The van der Waals surface area contributed by atoms with Crippen molar-refractivity contribution < 1.29 is 28.2 Å². The molecule has 0 fully saturated rings. The minimum absolute atomic E-state index is 0.130. The van der Waals surface area contributed by atoms with Gasteiger partial charge in [0.2, 0.25) is 0 Å². The second kappa shape index (κ2) is 7.90. The minimum atomic E-state index is -4.60. The van der Waals surface area contributed by atoms with E-state index in [2.05, 4.69) is 0 Å². The number of nitrogens with two attached hydrogens (primary N) is 1. The molecule has 0 amide bonds. The van der Waals surface area contributed by atoms with E-state index in [9.17, 15) is 23.1 Å². The van der Waals surface area contributed by atoms with Gasteiger partial charge in [-0.05, 0) is 0 Å². The summed E-state index contributed by atoms with van der Waals surface area (Å²) in [6.45, 7) is 0. The molecule has 4 N–H and O–H groups in total. The molecule has 3 radical (unpaired) electrons. The molecule has 4 nitrogen and oxygen atoms in total. The Morgan fingerprint density at radius 2 is 1.94 bits per heavy atom. The number of halogens is 3. The van der Waals surface area contributed by atoms with Crippen LogP contribution in [0.1, 0.15) is 12.8 Å². The molecule has 0 aliphatic rings. The summed E-state index contributed by atoms with van der Waals surface area (Å²) in [5.41, 5.74) is 2.65. The number of carbonyl (C=O) groups is 1. The molecule has 18 heavy (non-hydrogen) atoms. The van der Waals surface area contributed by atoms with Gasteiger partial charge in [-0.25, -0.2) is 0 Å². The van der Waals surface area contributed by atoms with Crippen molar-refractivity contribution in [3.63, 3.8) is 0 Å². The third kappa shape index (κ3) is 6.06. The van der Waals surface area contributed by atoms with Gasteiger partial charge in [0.05, 0.1) is 0 Å². The van der Waals surface area contributed by atoms with Gasteiger partial charge >= 0.3 is 124 Å². The third-order valence-electron chi connectivity index (χ3n) is 2.37. The molecule has 0 aliphatic heterocycles. The van der Waals surface area contributed by atoms with Gasteiger partial charge in [0.15, 0.2) is 0 Å². The second-order valence-corrected chi connectivity index (χ2v) is 6.40. The van der Waals surface area contributed by atoms with Gasteiger partial charge in [-0.2, -0.15) is 0 Å². The molecule has 0 bridgehead atoms. The summed E-state index contributed by atoms with van der Waals surface area (Å²) in [6, 6.07) is -0.988. The molecule has 9 heteroatoms. The molecule has 0 aromatic heterocycles. The van der Waals surface area contributed by atoms with E-state index in [0.717, 1.165) is 0 Å². The third-order valence-corrected chi connectivity index (χ3v) is 5.66. The van der Waals surface area contributed by atoms with Crippen LogP contribution < -0.4 is 5.73 Å². The first-order valence-electron chi connectivity index (χ1n) is 5.14. The van der Waals surface area contributed by atoms with E-state index < -0.39 is 23.8 Å². The van der Waals surface area contributed by atoms with E-state index in [1.807, 2.05) is 0 Å². The average Bonchev–Trinajstić information content (AvgIpc) is 2.26. The molecule has 2 unspecified atom stereocenters. The van der Waals surface area contributed by atoms with Crippen LogP contribution in [0.25, 0.3) is 0 Å². The fourth-order valence-electron chi connectivity index (χ4n) is 1.01. The predicted octanol–water partition coefficient (Wildman–Crippen LogP) is 0.792. The maximum atomic E-state index is 12.5. The Hall–Kier alpha value is 0.452. The number of rotatable bonds is 8. The van der Waals surface area contributed by atoms with Crippen LogP contribution in [0.5, 0.6) is 0 Å². The monoisotopic (exact) mass is 482 g/mol. The summed E-state index contributed by atoms with van der Waals surface area (Å²) in [5.74, 6) is -0.630. The molecule has 2 atom stereocenters. The predicted molar refractivity (Wildman–Crippen MR) is 63.7 cm³/mol. The zero-order chi connectivity index (χ0) is 14.4. The fourth-order valence-corrected chi connectivity index (χ4v) is 3.58. The first-order valence-corrected chi connectivity index (χ1v) is 9.04. The summed E-state index contributed by atoms with van der Waals surface area (Å²) in [4.78, 5) is 10.4. The van der Waals surface area contributed by atoms with Crippen LogP contribution in [0.3, 0.4) is 0 Å². The Morgan fingerprint density at radius 1 is 1.39 bits per heavy atom. The van der Waals surface area contributed by atoms with Crippen LogP contribution >= 0.6 is 11.8 Å². The van der Waals surface area contributed by atoms with Crippen LogP contribution in [0, 0.1) is 0 Å². The Balaban J connectivity index is 3.93. The zero-order valence-corrected chi connectivity index (χ0v) is 14.2. The summed E-state index contributed by atoms with van der Waals surface area (Å²) in [5, 5.41) is 17.9. The van der Waals surface area contributed by atoms with E-state index >= 15 is 0 Å². The van der Waals surface area contributed by atoms with E-state index in [1.54, 1.807) is 0 Å². The summed E-state index contributed by atoms with van der Waals surface area (Å²) in [7, 11) is 0. The Morgan fingerprint density at radius 3 is 2.33 bits per heavy atom. The molecule has 0 aliphatic carbocycles. The first kappa shape index (κ1) is 18.5. The Labute approximate surface area is 123 Å². The van der Waals surface area contributed by atoms with E-state index in [0.29, 0.717) is 5.75 Å². The topological polar surface area (TPSA) is 83.5 Å². The van der Waals surface area contributed by atoms with Crippen LogP contribution in [-0.2, 0) is 4.79 Å². The SMILES string of the molecule is NC(CCSCCC(O)([CH2][Pb])C(F)(F)F)C(=O)O. The summed E-state index contributed by atoms with van der Waals surface area (Å²) < 4.78 is 37.3. The second-order valence-electron chi connectivity index (χ2n) is 3.80. The van der Waals surface area contributed by atoms with Crippen molar-refractivity contribution in [1.82, 2.24) is 0 Å². The molecule has 0 spiro atoms. The van der Waals surface area contributed by atoms with E-state index in [-0.39, 0.29) is 48.3 Å². The Bertz CT molecular complexity index is 280. The average molecular weight is 481 g/mol. The molecule has 0 aromatic rings. The number of carboxylic acid groups (broad SMARTS) is 1. The number of hydrogen-bond donors (Lipinski definition) is 3. The van der Waals surface area contributed by atoms with Gasteiger partial charge in [-0.3, -0.25) is 0 Å². The maximum absolute atomic E-state index is 12.5. The number of carboxylic acids is 1. The molecule has 0 saturated carbocycles. The van der Waals surface area contributed by atoms with Gasteiger partial charge in [0.1, 0.15) is 0 Å². The number of aliphatic carboxylic acids is 1. The molecule has 0 rings (SSSR count). The van der Waals surface area contributed by atoms with Crippen molar-refractivity contribution in [1.29, 1.82) is 0 Å². The number of alkyl halides is 3. The van der Waals surface area contributed by atoms with Crippen molar-refractivity contribution in [3.8, 4) is 0 Å². The van der Waals surface area contributed by atoms with Crippen molar-refractivity contribution in [2.45, 2.75) is 34.6 Å². The van der Waals surface area contributed by atoms with Crippen molar-refractivity contribution >= 4 is 43.5 Å². The fraction of sp³-hybridized carbons (Fsp3) is 0.889. The normalized spacial score (nSPS) is 17.2. The zero-order valence-electron chi connectivity index (χ0n) is 9.54. The molecular weight excluding hydrogens is 466 g/mol. The van der Waals surface area contributed by atoms with Gasteiger partial charge in [-0.1, -0.05) is 0 Å². The van der Waals surface area contributed by atoms with E-state index in [1.165, 1.54) is 11.8 Å². The van der Waals surface area contributed by atoms with Crippen LogP contribution in [0.4, 0.5) is 13.2 Å². The number of thioether (sulfide) groups is 1. The molecular formula is C9H15F3NO3PbS. The van der Waals surface area contributed by atoms with Crippen molar-refractivity contribution in [2.24, 2.45) is 5.73 Å². The molecule has 0 aromatic carbocycles. The molecule has 105 valence electrons. The van der Waals surface area contributed by atoms with E-state index in [4.69, 9.17) is 10.8 Å².